The van der Waals surface area contributed by atoms with Crippen LogP contribution in [0.4, 0.5) is 4.79 Å². The van der Waals surface area contributed by atoms with Crippen LogP contribution < -0.4 is 5.73 Å². The van der Waals surface area contributed by atoms with Gasteiger partial charge in [-0.1, -0.05) is 29.3 Å². The summed E-state index contributed by atoms with van der Waals surface area (Å²) >= 11 is 0. The maximum atomic E-state index is 12.5. The largest absolute Gasteiger partial charge is 0.443 e. The molecule has 1 rings (SSSR count). The Balaban J connectivity index is 2.89. The van der Waals surface area contributed by atoms with Crippen LogP contribution in [0.5, 0.6) is 0 Å². The molecule has 0 radical (unpaired) electrons. The van der Waals surface area contributed by atoms with Gasteiger partial charge in [0, 0.05) is 0 Å². The lowest BCUT2D eigenvalue weighted by Gasteiger charge is -2.26. The molecular formula is C18H25N3O3. The fourth-order valence-corrected chi connectivity index (χ4v) is 2.35. The summed E-state index contributed by atoms with van der Waals surface area (Å²) in [7, 11) is 0. The van der Waals surface area contributed by atoms with Crippen LogP contribution in [-0.4, -0.2) is 35.1 Å². The molecule has 0 aromatic heterocycles. The lowest BCUT2D eigenvalue weighted by atomic mass is 10.0. The van der Waals surface area contributed by atoms with Crippen molar-refractivity contribution in [1.82, 2.24) is 4.90 Å². The monoisotopic (exact) mass is 331 g/mol. The number of carbonyl (C=O) groups is 2. The molecular weight excluding hydrogens is 306 g/mol. The first-order valence-electron chi connectivity index (χ1n) is 7.77. The average molecular weight is 331 g/mol. The first-order valence-corrected chi connectivity index (χ1v) is 7.77. The Bertz CT molecular complexity index is 636. The van der Waals surface area contributed by atoms with Gasteiger partial charge >= 0.3 is 6.09 Å². The number of ether oxygens (including phenoxy) is 1. The second kappa shape index (κ2) is 7.93. The highest BCUT2D eigenvalue weighted by molar-refractivity contribution is 5.95. The van der Waals surface area contributed by atoms with E-state index in [1.807, 2.05) is 32.0 Å². The third kappa shape index (κ3) is 6.01. The van der Waals surface area contributed by atoms with Crippen LogP contribution in [-0.2, 0) is 16.0 Å². The zero-order valence-electron chi connectivity index (χ0n) is 14.9. The van der Waals surface area contributed by atoms with Crippen molar-refractivity contribution in [3.8, 4) is 6.07 Å². The normalized spacial score (nSPS) is 12.2. The topological polar surface area (TPSA) is 96.4 Å². The Labute approximate surface area is 143 Å². The summed E-state index contributed by atoms with van der Waals surface area (Å²) in [5.41, 5.74) is 8.27. The van der Waals surface area contributed by atoms with E-state index < -0.39 is 30.2 Å². The van der Waals surface area contributed by atoms with Crippen LogP contribution in [0.2, 0.25) is 0 Å². The van der Waals surface area contributed by atoms with E-state index in [9.17, 15) is 9.59 Å². The molecule has 0 fully saturated rings. The molecule has 6 heteroatoms. The second-order valence-corrected chi connectivity index (χ2v) is 6.87. The van der Waals surface area contributed by atoms with Crippen molar-refractivity contribution in [1.29, 1.82) is 5.26 Å². The number of rotatable bonds is 4. The highest BCUT2D eigenvalue weighted by Gasteiger charge is 2.30. The molecule has 1 atom stereocenters. The Morgan fingerprint density at radius 2 is 1.79 bits per heavy atom. The van der Waals surface area contributed by atoms with Crippen LogP contribution in [0.3, 0.4) is 0 Å². The number of hydrogen-bond acceptors (Lipinski definition) is 5. The van der Waals surface area contributed by atoms with Gasteiger partial charge in [-0.25, -0.2) is 9.69 Å². The van der Waals surface area contributed by atoms with Gasteiger partial charge in [-0.2, -0.15) is 5.26 Å². The minimum atomic E-state index is -0.924. The highest BCUT2D eigenvalue weighted by atomic mass is 16.6. The van der Waals surface area contributed by atoms with Gasteiger partial charge in [-0.05, 0) is 46.6 Å². The van der Waals surface area contributed by atoms with Crippen LogP contribution >= 0.6 is 0 Å². The summed E-state index contributed by atoms with van der Waals surface area (Å²) < 4.78 is 5.17. The van der Waals surface area contributed by atoms with Gasteiger partial charge in [0.2, 0.25) is 5.91 Å². The van der Waals surface area contributed by atoms with E-state index in [1.165, 1.54) is 0 Å². The zero-order valence-corrected chi connectivity index (χ0v) is 14.9. The van der Waals surface area contributed by atoms with Crippen molar-refractivity contribution in [3.05, 3.63) is 34.9 Å². The van der Waals surface area contributed by atoms with Crippen molar-refractivity contribution in [2.24, 2.45) is 5.73 Å². The molecule has 0 saturated heterocycles. The number of nitriles is 1. The zero-order chi connectivity index (χ0) is 18.5. The van der Waals surface area contributed by atoms with Gasteiger partial charge in [0.05, 0.1) is 12.1 Å². The third-order valence-electron chi connectivity index (χ3n) is 3.16. The van der Waals surface area contributed by atoms with Crippen molar-refractivity contribution in [3.63, 3.8) is 0 Å². The van der Waals surface area contributed by atoms with Gasteiger partial charge in [-0.3, -0.25) is 4.79 Å². The molecule has 0 spiro atoms. The molecule has 1 aromatic rings. The molecule has 130 valence electrons. The molecule has 0 aliphatic rings. The quantitative estimate of drug-likeness (QED) is 0.855. The van der Waals surface area contributed by atoms with Gasteiger partial charge in [-0.15, -0.1) is 0 Å². The van der Waals surface area contributed by atoms with Crippen molar-refractivity contribution < 1.29 is 14.3 Å². The first kappa shape index (κ1) is 19.7. The van der Waals surface area contributed by atoms with Crippen LogP contribution in [0.15, 0.2) is 18.2 Å². The fraction of sp³-hybridized carbons (Fsp3) is 0.500. The number of aryl methyl sites for hydroxylation is 2. The SMILES string of the molecule is Cc1cc(C)cc(C[C@H](N)C(=O)N(CC#N)C(=O)OC(C)(C)C)c1. The molecule has 1 aromatic carbocycles. The third-order valence-corrected chi connectivity index (χ3v) is 3.16. The Kier molecular flexibility index (Phi) is 6.50. The van der Waals surface area contributed by atoms with Gasteiger partial charge in [0.1, 0.15) is 12.1 Å². The van der Waals surface area contributed by atoms with Gasteiger partial charge < -0.3 is 10.5 Å². The van der Waals surface area contributed by atoms with Gasteiger partial charge in [0.15, 0.2) is 0 Å². The van der Waals surface area contributed by atoms with E-state index in [0.29, 0.717) is 0 Å². The fourth-order valence-electron chi connectivity index (χ4n) is 2.35. The highest BCUT2D eigenvalue weighted by Crippen LogP contribution is 2.13. The maximum absolute atomic E-state index is 12.5. The van der Waals surface area contributed by atoms with Crippen molar-refractivity contribution >= 4 is 12.0 Å². The predicted molar refractivity (Wildman–Crippen MR) is 91.2 cm³/mol. The molecule has 6 nitrogen and oxygen atoms in total. The molecule has 0 unspecified atom stereocenters. The molecule has 0 aliphatic heterocycles. The number of imide groups is 1. The number of amides is 2. The van der Waals surface area contributed by atoms with Crippen molar-refractivity contribution in [2.45, 2.75) is 52.7 Å². The lowest BCUT2D eigenvalue weighted by molar-refractivity contribution is -0.131. The second-order valence-electron chi connectivity index (χ2n) is 6.87. The molecule has 2 N–H and O–H groups in total. The Morgan fingerprint density at radius 1 is 1.25 bits per heavy atom. The summed E-state index contributed by atoms with van der Waals surface area (Å²) in [5, 5.41) is 8.88. The minimum absolute atomic E-state index is 0.284. The summed E-state index contributed by atoms with van der Waals surface area (Å²) in [6, 6.07) is 6.80. The number of nitrogens with zero attached hydrogens (tertiary/aromatic N) is 2. The average Bonchev–Trinajstić information content (AvgIpc) is 2.40. The number of benzene rings is 1. The summed E-state index contributed by atoms with van der Waals surface area (Å²) in [4.78, 5) is 25.4. The Hall–Kier alpha value is -2.39. The van der Waals surface area contributed by atoms with E-state index in [2.05, 4.69) is 0 Å². The van der Waals surface area contributed by atoms with E-state index in [4.69, 9.17) is 15.7 Å². The summed E-state index contributed by atoms with van der Waals surface area (Å²) in [6.45, 7) is 8.60. The maximum Gasteiger partial charge on any atom is 0.418 e. The molecule has 0 saturated carbocycles. The van der Waals surface area contributed by atoms with E-state index in [1.54, 1.807) is 26.8 Å². The lowest BCUT2D eigenvalue weighted by Crippen LogP contribution is -2.49. The molecule has 0 heterocycles. The van der Waals surface area contributed by atoms with Crippen LogP contribution in [0.1, 0.15) is 37.5 Å². The van der Waals surface area contributed by atoms with E-state index in [0.717, 1.165) is 21.6 Å². The van der Waals surface area contributed by atoms with Crippen molar-refractivity contribution in [2.75, 3.05) is 6.54 Å². The molecule has 0 aliphatic carbocycles. The Morgan fingerprint density at radius 3 is 2.25 bits per heavy atom. The van der Waals surface area contributed by atoms with E-state index in [-0.39, 0.29) is 6.42 Å². The summed E-state index contributed by atoms with van der Waals surface area (Å²) in [5.74, 6) is -0.620. The van der Waals surface area contributed by atoms with Crippen LogP contribution in [0.25, 0.3) is 0 Å². The van der Waals surface area contributed by atoms with Crippen LogP contribution in [0, 0.1) is 25.2 Å². The molecule has 24 heavy (non-hydrogen) atoms. The molecule has 0 bridgehead atoms. The minimum Gasteiger partial charge on any atom is -0.443 e. The number of nitrogens with two attached hydrogens (primary N) is 1. The first-order chi connectivity index (χ1) is 11.0. The predicted octanol–water partition coefficient (Wildman–Crippen LogP) is 2.46. The standard InChI is InChI=1S/C18H25N3O3/c1-12-8-13(2)10-14(9-12)11-15(20)16(22)21(7-6-19)17(23)24-18(3,4)5/h8-10,15H,7,11,20H2,1-5H3/t15-/m0/s1. The number of carbonyl (C=O) groups excluding carboxylic acids is 2. The summed E-state index contributed by atoms with van der Waals surface area (Å²) in [6.07, 6.45) is -0.573. The smallest absolute Gasteiger partial charge is 0.418 e. The van der Waals surface area contributed by atoms with Gasteiger partial charge in [0.25, 0.3) is 0 Å². The number of hydrogen-bond donors (Lipinski definition) is 1. The molecule has 2 amide bonds. The van der Waals surface area contributed by atoms with E-state index >= 15 is 0 Å².